The molecule has 2 aromatic heterocycles. The summed E-state index contributed by atoms with van der Waals surface area (Å²) >= 11 is 0. The Bertz CT molecular complexity index is 1380. The topological polar surface area (TPSA) is 89.0 Å². The van der Waals surface area contributed by atoms with E-state index in [2.05, 4.69) is 25.6 Å². The SMILES string of the molecule is CNc1nccc(-c2cccnc2Oc2cccc(C(=O)Nc3cccc(C(F)(F)F)c3)c2C)n1. The van der Waals surface area contributed by atoms with E-state index >= 15 is 0 Å². The number of aromatic nitrogens is 3. The van der Waals surface area contributed by atoms with E-state index in [1.54, 1.807) is 62.8 Å². The Morgan fingerprint density at radius 3 is 2.54 bits per heavy atom. The van der Waals surface area contributed by atoms with Gasteiger partial charge in [0.1, 0.15) is 5.75 Å². The number of ether oxygens (including phenoxy) is 1. The molecule has 0 aliphatic carbocycles. The first kappa shape index (κ1) is 23.7. The molecule has 0 unspecified atom stereocenters. The molecule has 0 radical (unpaired) electrons. The zero-order valence-electron chi connectivity index (χ0n) is 18.7. The van der Waals surface area contributed by atoms with Crippen LogP contribution in [0.2, 0.25) is 0 Å². The van der Waals surface area contributed by atoms with E-state index in [9.17, 15) is 18.0 Å². The number of hydrogen-bond acceptors (Lipinski definition) is 6. The smallest absolute Gasteiger partial charge is 0.416 e. The number of nitrogens with one attached hydrogen (secondary N) is 2. The number of carbonyl (C=O) groups excluding carboxylic acids is 1. The van der Waals surface area contributed by atoms with Gasteiger partial charge in [-0.15, -0.1) is 0 Å². The van der Waals surface area contributed by atoms with Gasteiger partial charge >= 0.3 is 6.18 Å². The minimum Gasteiger partial charge on any atom is -0.438 e. The second-order valence-corrected chi connectivity index (χ2v) is 7.44. The molecule has 0 saturated carbocycles. The van der Waals surface area contributed by atoms with Gasteiger partial charge in [-0.25, -0.2) is 15.0 Å². The van der Waals surface area contributed by atoms with Gasteiger partial charge in [0.05, 0.1) is 16.8 Å². The number of hydrogen-bond donors (Lipinski definition) is 2. The molecule has 0 saturated heterocycles. The summed E-state index contributed by atoms with van der Waals surface area (Å²) in [5.74, 6) is 0.501. The number of anilines is 2. The van der Waals surface area contributed by atoms with Gasteiger partial charge in [0.25, 0.3) is 5.91 Å². The average molecular weight is 479 g/mol. The predicted octanol–water partition coefficient (Wildman–Crippen LogP) is 5.95. The number of alkyl halides is 3. The van der Waals surface area contributed by atoms with Crippen LogP contribution in [0.4, 0.5) is 24.8 Å². The summed E-state index contributed by atoms with van der Waals surface area (Å²) in [4.78, 5) is 25.7. The second kappa shape index (κ2) is 9.80. The molecule has 35 heavy (non-hydrogen) atoms. The molecule has 0 spiro atoms. The van der Waals surface area contributed by atoms with E-state index in [1.165, 1.54) is 12.1 Å². The van der Waals surface area contributed by atoms with Gasteiger partial charge in [-0.2, -0.15) is 13.2 Å². The van der Waals surface area contributed by atoms with Crippen LogP contribution in [0.1, 0.15) is 21.5 Å². The third kappa shape index (κ3) is 5.37. The van der Waals surface area contributed by atoms with Gasteiger partial charge in [0, 0.05) is 36.3 Å². The first-order valence-corrected chi connectivity index (χ1v) is 10.5. The molecule has 0 bridgehead atoms. The van der Waals surface area contributed by atoms with Crippen LogP contribution in [0.5, 0.6) is 11.6 Å². The highest BCUT2D eigenvalue weighted by Gasteiger charge is 2.30. The fraction of sp³-hybridized carbons (Fsp3) is 0.120. The number of pyridine rings is 1. The number of nitrogens with zero attached hydrogens (tertiary/aromatic N) is 3. The lowest BCUT2D eigenvalue weighted by Crippen LogP contribution is -2.14. The van der Waals surface area contributed by atoms with E-state index in [0.29, 0.717) is 28.5 Å². The molecule has 0 atom stereocenters. The van der Waals surface area contributed by atoms with Crippen molar-refractivity contribution in [3.05, 3.63) is 89.7 Å². The fourth-order valence-corrected chi connectivity index (χ4v) is 3.34. The van der Waals surface area contributed by atoms with Crippen molar-refractivity contribution in [1.29, 1.82) is 0 Å². The van der Waals surface area contributed by atoms with E-state index < -0.39 is 17.6 Å². The van der Waals surface area contributed by atoms with Crippen molar-refractivity contribution in [3.8, 4) is 22.9 Å². The van der Waals surface area contributed by atoms with Gasteiger partial charge in [0.15, 0.2) is 0 Å². The van der Waals surface area contributed by atoms with Gasteiger partial charge in [-0.1, -0.05) is 12.1 Å². The summed E-state index contributed by atoms with van der Waals surface area (Å²) in [7, 11) is 1.71. The lowest BCUT2D eigenvalue weighted by atomic mass is 10.1. The molecule has 0 aliphatic heterocycles. The Labute approximate surface area is 199 Å². The maximum Gasteiger partial charge on any atom is 0.416 e. The molecule has 4 aromatic rings. The lowest BCUT2D eigenvalue weighted by molar-refractivity contribution is -0.137. The maximum absolute atomic E-state index is 13.0. The normalized spacial score (nSPS) is 11.1. The molecular formula is C25H20F3N5O2. The van der Waals surface area contributed by atoms with Gasteiger partial charge in [-0.3, -0.25) is 4.79 Å². The fourth-order valence-electron chi connectivity index (χ4n) is 3.34. The third-order valence-corrected chi connectivity index (χ3v) is 5.11. The third-order valence-electron chi connectivity index (χ3n) is 5.11. The van der Waals surface area contributed by atoms with Crippen LogP contribution >= 0.6 is 0 Å². The Balaban J connectivity index is 1.61. The van der Waals surface area contributed by atoms with Crippen molar-refractivity contribution in [3.63, 3.8) is 0 Å². The van der Waals surface area contributed by atoms with Crippen molar-refractivity contribution in [2.45, 2.75) is 13.1 Å². The van der Waals surface area contributed by atoms with Crippen LogP contribution in [0, 0.1) is 6.92 Å². The number of amides is 1. The van der Waals surface area contributed by atoms with Gasteiger partial charge in [-0.05, 0) is 55.5 Å². The van der Waals surface area contributed by atoms with E-state index in [4.69, 9.17) is 4.74 Å². The van der Waals surface area contributed by atoms with Crippen LogP contribution in [-0.2, 0) is 6.18 Å². The molecule has 2 heterocycles. The zero-order valence-corrected chi connectivity index (χ0v) is 18.7. The van der Waals surface area contributed by atoms with Crippen LogP contribution < -0.4 is 15.4 Å². The molecule has 2 aromatic carbocycles. The summed E-state index contributed by atoms with van der Waals surface area (Å²) in [5.41, 5.74) is 1.13. The van der Waals surface area contributed by atoms with Crippen molar-refractivity contribution >= 4 is 17.5 Å². The second-order valence-electron chi connectivity index (χ2n) is 7.44. The molecule has 2 N–H and O–H groups in total. The highest BCUT2D eigenvalue weighted by atomic mass is 19.4. The van der Waals surface area contributed by atoms with Crippen molar-refractivity contribution in [2.75, 3.05) is 17.7 Å². The number of rotatable bonds is 6. The zero-order chi connectivity index (χ0) is 25.0. The number of halogens is 3. The summed E-state index contributed by atoms with van der Waals surface area (Å²) in [5, 5.41) is 5.40. The standard InChI is InChI=1S/C25H20F3N5O2/c1-15-18(22(34)32-17-7-3-6-16(14-17)25(26,27)28)8-4-10-21(15)35-23-19(9-5-12-30-23)20-11-13-31-24(29-2)33-20/h3-14H,1-2H3,(H,32,34)(H,29,31,33). The minimum atomic E-state index is -4.51. The molecule has 178 valence electrons. The van der Waals surface area contributed by atoms with Gasteiger partial charge < -0.3 is 15.4 Å². The number of carbonyl (C=O) groups is 1. The number of benzene rings is 2. The Kier molecular flexibility index (Phi) is 6.63. The highest BCUT2D eigenvalue weighted by Crippen LogP contribution is 2.34. The first-order chi connectivity index (χ1) is 16.8. The summed E-state index contributed by atoms with van der Waals surface area (Å²) < 4.78 is 45.1. The molecule has 4 rings (SSSR count). The van der Waals surface area contributed by atoms with Crippen molar-refractivity contribution in [1.82, 2.24) is 15.0 Å². The molecule has 1 amide bonds. The molecular weight excluding hydrogens is 459 g/mol. The van der Waals surface area contributed by atoms with Gasteiger partial charge in [0.2, 0.25) is 11.8 Å². The lowest BCUT2D eigenvalue weighted by Gasteiger charge is -2.15. The van der Waals surface area contributed by atoms with Crippen LogP contribution in [0.15, 0.2) is 73.1 Å². The molecule has 10 heteroatoms. The Morgan fingerprint density at radius 2 is 1.77 bits per heavy atom. The van der Waals surface area contributed by atoms with Crippen molar-refractivity contribution in [2.24, 2.45) is 0 Å². The molecule has 0 aliphatic rings. The largest absolute Gasteiger partial charge is 0.438 e. The minimum absolute atomic E-state index is 0.0339. The highest BCUT2D eigenvalue weighted by molar-refractivity contribution is 6.05. The average Bonchev–Trinajstić information content (AvgIpc) is 2.85. The Hall–Kier alpha value is -4.47. The summed E-state index contributed by atoms with van der Waals surface area (Å²) in [6.07, 6.45) is -1.34. The van der Waals surface area contributed by atoms with E-state index in [1.807, 2.05) is 0 Å². The molecule has 7 nitrogen and oxygen atoms in total. The monoisotopic (exact) mass is 479 g/mol. The summed E-state index contributed by atoms with van der Waals surface area (Å²) in [6, 6.07) is 14.6. The summed E-state index contributed by atoms with van der Waals surface area (Å²) in [6.45, 7) is 1.68. The van der Waals surface area contributed by atoms with Crippen LogP contribution in [0.25, 0.3) is 11.3 Å². The predicted molar refractivity (Wildman–Crippen MR) is 125 cm³/mol. The van der Waals surface area contributed by atoms with Crippen LogP contribution in [-0.4, -0.2) is 27.9 Å². The Morgan fingerprint density at radius 1 is 0.971 bits per heavy atom. The van der Waals surface area contributed by atoms with E-state index in [-0.39, 0.29) is 17.1 Å². The first-order valence-electron chi connectivity index (χ1n) is 10.5. The van der Waals surface area contributed by atoms with Crippen LogP contribution in [0.3, 0.4) is 0 Å². The van der Waals surface area contributed by atoms with E-state index in [0.717, 1.165) is 12.1 Å². The van der Waals surface area contributed by atoms with Crippen molar-refractivity contribution < 1.29 is 22.7 Å². The quantitative estimate of drug-likeness (QED) is 0.355. The maximum atomic E-state index is 13.0. The molecule has 0 fully saturated rings.